The predicted octanol–water partition coefficient (Wildman–Crippen LogP) is 1.44. The maximum Gasteiger partial charge on any atom is 0.200 e. The zero-order valence-electron chi connectivity index (χ0n) is 12.9. The van der Waals surface area contributed by atoms with Crippen LogP contribution in [0, 0.1) is 5.41 Å². The van der Waals surface area contributed by atoms with Gasteiger partial charge in [-0.1, -0.05) is 0 Å². The molecule has 5 nitrogen and oxygen atoms in total. The highest BCUT2D eigenvalue weighted by Gasteiger charge is 2.64. The summed E-state index contributed by atoms with van der Waals surface area (Å²) in [6.07, 6.45) is 6.66. The van der Waals surface area contributed by atoms with E-state index in [9.17, 15) is 9.59 Å². The van der Waals surface area contributed by atoms with Crippen LogP contribution < -0.4 is 5.32 Å². The Bertz CT molecular complexity index is 957. The molecule has 4 atom stereocenters. The Hall–Kier alpha value is -1.79. The van der Waals surface area contributed by atoms with Crippen LogP contribution in [-0.4, -0.2) is 45.5 Å². The van der Waals surface area contributed by atoms with Crippen LogP contribution in [0.2, 0.25) is 0 Å². The van der Waals surface area contributed by atoms with E-state index < -0.39 is 0 Å². The number of Topliss-reactive ketones (excluding diaryl/α,β-unsaturated/α-hetero) is 1. The second-order valence-electron chi connectivity index (χ2n) is 7.76. The Morgan fingerprint density at radius 1 is 1.29 bits per heavy atom. The van der Waals surface area contributed by atoms with Crippen molar-refractivity contribution in [2.75, 3.05) is 6.54 Å². The van der Waals surface area contributed by atoms with E-state index in [1.807, 2.05) is 12.3 Å². The van der Waals surface area contributed by atoms with Gasteiger partial charge in [-0.05, 0) is 36.5 Å². The van der Waals surface area contributed by atoms with Gasteiger partial charge in [-0.3, -0.25) is 14.9 Å². The Morgan fingerprint density at radius 3 is 3.12 bits per heavy atom. The summed E-state index contributed by atoms with van der Waals surface area (Å²) in [6, 6.07) is -0.277. The molecule has 2 N–H and O–H groups in total. The average molecular weight is 337 g/mol. The average Bonchev–Trinajstić information content (AvgIpc) is 3.11. The summed E-state index contributed by atoms with van der Waals surface area (Å²) >= 11 is 1.77. The summed E-state index contributed by atoms with van der Waals surface area (Å²) in [5, 5.41) is 3.81. The number of nitrogens with one attached hydrogen (secondary N) is 2. The van der Waals surface area contributed by atoms with E-state index >= 15 is 0 Å². The van der Waals surface area contributed by atoms with Gasteiger partial charge >= 0.3 is 0 Å². The lowest BCUT2D eigenvalue weighted by molar-refractivity contribution is -0.120. The second kappa shape index (κ2) is 3.58. The van der Waals surface area contributed by atoms with Crippen molar-refractivity contribution >= 4 is 29.0 Å². The highest BCUT2D eigenvalue weighted by atomic mass is 32.2. The van der Waals surface area contributed by atoms with Crippen molar-refractivity contribution in [1.82, 2.24) is 15.2 Å². The zero-order valence-corrected chi connectivity index (χ0v) is 13.7. The number of ketones is 2. The van der Waals surface area contributed by atoms with Crippen LogP contribution in [0.3, 0.4) is 0 Å². The molecule has 0 aromatic carbocycles. The van der Waals surface area contributed by atoms with E-state index in [2.05, 4.69) is 15.2 Å². The SMILES string of the molecule is O=C1c2[nH]cc3c2C2=C4C1N[C@@H]1C[C@]45C[C@@H](C(=O)C=C5S1)N2CC3. The summed E-state index contributed by atoms with van der Waals surface area (Å²) in [6.45, 7) is 0.871. The van der Waals surface area contributed by atoms with E-state index in [0.29, 0.717) is 0 Å². The van der Waals surface area contributed by atoms with Crippen LogP contribution in [0.25, 0.3) is 5.70 Å². The van der Waals surface area contributed by atoms with Crippen molar-refractivity contribution in [3.63, 3.8) is 0 Å². The normalized spacial score (nSPS) is 40.2. The van der Waals surface area contributed by atoms with Gasteiger partial charge in [0.25, 0.3) is 0 Å². The molecule has 4 aliphatic heterocycles. The number of fused-ring (bicyclic) bond motifs is 3. The second-order valence-corrected chi connectivity index (χ2v) is 9.00. The first kappa shape index (κ1) is 12.6. The molecule has 5 heterocycles. The number of piperidine rings is 1. The van der Waals surface area contributed by atoms with Crippen molar-refractivity contribution in [2.45, 2.75) is 36.7 Å². The number of carbonyl (C=O) groups is 2. The summed E-state index contributed by atoms with van der Waals surface area (Å²) < 4.78 is 0. The lowest BCUT2D eigenvalue weighted by Gasteiger charge is -2.55. The Labute approximate surface area is 142 Å². The van der Waals surface area contributed by atoms with Crippen LogP contribution in [-0.2, 0) is 11.2 Å². The standard InChI is InChI=1S/C18H15N3O2S/c22-9-3-10-18-4-8(9)21-2-1-7-6-19-14-12(7)16(21)13(18)15(17(14)23)20-11(5-18)24-10/h3,6,8,11,15,19-20H,1-2,4-5H2/t8-,11-,15?,18-/m0/s1. The molecule has 1 spiro atoms. The molecule has 0 amide bonds. The lowest BCUT2D eigenvalue weighted by Crippen LogP contribution is -2.61. The van der Waals surface area contributed by atoms with Crippen molar-refractivity contribution in [1.29, 1.82) is 0 Å². The molecule has 7 rings (SSSR count). The van der Waals surface area contributed by atoms with Gasteiger partial charge in [0.2, 0.25) is 5.78 Å². The number of hydrogen-bond donors (Lipinski definition) is 2. The number of H-pyrrole nitrogens is 1. The fourth-order valence-corrected chi connectivity index (χ4v) is 7.49. The topological polar surface area (TPSA) is 65.2 Å². The Kier molecular flexibility index (Phi) is 1.87. The number of aromatic nitrogens is 1. The predicted molar refractivity (Wildman–Crippen MR) is 89.3 cm³/mol. The molecular formula is C18H15N3O2S. The molecule has 1 aromatic rings. The first-order chi connectivity index (χ1) is 11.7. The monoisotopic (exact) mass is 337 g/mol. The lowest BCUT2D eigenvalue weighted by atomic mass is 9.59. The minimum Gasteiger partial charge on any atom is -0.360 e. The van der Waals surface area contributed by atoms with Crippen LogP contribution in [0.1, 0.15) is 34.5 Å². The van der Waals surface area contributed by atoms with Gasteiger partial charge in [0.05, 0.1) is 23.2 Å². The van der Waals surface area contributed by atoms with E-state index in [1.165, 1.54) is 21.7 Å². The van der Waals surface area contributed by atoms with Gasteiger partial charge in [0.15, 0.2) is 5.78 Å². The third-order valence-electron chi connectivity index (χ3n) is 6.82. The molecule has 2 saturated heterocycles. The van der Waals surface area contributed by atoms with Crippen molar-refractivity contribution in [2.24, 2.45) is 5.41 Å². The number of carbonyl (C=O) groups excluding carboxylic acids is 2. The largest absolute Gasteiger partial charge is 0.360 e. The minimum atomic E-state index is -0.231. The summed E-state index contributed by atoms with van der Waals surface area (Å²) in [4.78, 5) is 32.7. The molecule has 6 heteroatoms. The van der Waals surface area contributed by atoms with Gasteiger partial charge in [-0.2, -0.15) is 0 Å². The smallest absolute Gasteiger partial charge is 0.200 e. The van der Waals surface area contributed by atoms with Gasteiger partial charge in [-0.25, -0.2) is 0 Å². The van der Waals surface area contributed by atoms with E-state index in [1.54, 1.807) is 11.8 Å². The zero-order chi connectivity index (χ0) is 15.8. The summed E-state index contributed by atoms with van der Waals surface area (Å²) in [7, 11) is 0. The molecule has 1 aromatic heterocycles. The summed E-state index contributed by atoms with van der Waals surface area (Å²) in [5.74, 6) is 0.425. The molecular weight excluding hydrogens is 322 g/mol. The number of hydrogen-bond acceptors (Lipinski definition) is 5. The minimum absolute atomic E-state index is 0.0466. The first-order valence-electron chi connectivity index (χ1n) is 8.62. The fourth-order valence-electron chi connectivity index (χ4n) is 5.93. The van der Waals surface area contributed by atoms with E-state index in [0.717, 1.165) is 37.1 Å². The van der Waals surface area contributed by atoms with Crippen LogP contribution >= 0.6 is 11.8 Å². The molecule has 2 fully saturated rings. The number of nitrogens with zero attached hydrogens (tertiary/aromatic N) is 1. The van der Waals surface area contributed by atoms with Gasteiger partial charge < -0.3 is 9.88 Å². The first-order valence-corrected chi connectivity index (χ1v) is 9.50. The summed E-state index contributed by atoms with van der Waals surface area (Å²) in [5.41, 5.74) is 5.45. The van der Waals surface area contributed by atoms with Gasteiger partial charge in [0.1, 0.15) is 0 Å². The maximum atomic E-state index is 13.2. The van der Waals surface area contributed by atoms with Gasteiger partial charge in [-0.15, -0.1) is 11.8 Å². The molecule has 120 valence electrons. The van der Waals surface area contributed by atoms with Crippen LogP contribution in [0.5, 0.6) is 0 Å². The third-order valence-corrected chi connectivity index (χ3v) is 8.17. The molecule has 0 saturated carbocycles. The van der Waals surface area contributed by atoms with Crippen LogP contribution in [0.15, 0.2) is 22.8 Å². The number of thioether (sulfide) groups is 1. The number of allylic oxidation sites excluding steroid dienone is 1. The third kappa shape index (κ3) is 1.10. The molecule has 24 heavy (non-hydrogen) atoms. The molecule has 0 radical (unpaired) electrons. The quantitative estimate of drug-likeness (QED) is 0.750. The maximum absolute atomic E-state index is 13.2. The number of rotatable bonds is 0. The fraction of sp³-hybridized carbons (Fsp3) is 0.444. The Balaban J connectivity index is 1.66. The molecule has 3 bridgehead atoms. The number of aromatic amines is 1. The molecule has 1 unspecified atom stereocenters. The van der Waals surface area contributed by atoms with E-state index in [-0.39, 0.29) is 34.4 Å². The molecule has 2 aliphatic carbocycles. The van der Waals surface area contributed by atoms with E-state index in [4.69, 9.17) is 0 Å². The highest BCUT2D eigenvalue weighted by molar-refractivity contribution is 8.04. The van der Waals surface area contributed by atoms with Crippen molar-refractivity contribution < 1.29 is 9.59 Å². The highest BCUT2D eigenvalue weighted by Crippen LogP contribution is 2.67. The molecule has 6 aliphatic rings. The van der Waals surface area contributed by atoms with Crippen molar-refractivity contribution in [3.8, 4) is 0 Å². The van der Waals surface area contributed by atoms with Gasteiger partial charge in [0, 0.05) is 34.3 Å². The van der Waals surface area contributed by atoms with Crippen LogP contribution in [0.4, 0.5) is 0 Å². The van der Waals surface area contributed by atoms with Crippen molar-refractivity contribution in [3.05, 3.63) is 39.6 Å². The Morgan fingerprint density at radius 2 is 2.21 bits per heavy atom.